The number of benzene rings is 2. The second-order valence-electron chi connectivity index (χ2n) is 6.79. The molecule has 2 aromatic rings. The normalized spacial score (nSPS) is 19.5. The average Bonchev–Trinajstić information content (AvgIpc) is 2.98. The van der Waals surface area contributed by atoms with Crippen molar-refractivity contribution in [1.82, 2.24) is 9.62 Å². The fourth-order valence-corrected chi connectivity index (χ4v) is 5.48. The Morgan fingerprint density at radius 1 is 1.04 bits per heavy atom. The van der Waals surface area contributed by atoms with Crippen LogP contribution in [0.15, 0.2) is 58.4 Å². The van der Waals surface area contributed by atoms with E-state index in [0.29, 0.717) is 34.3 Å². The Morgan fingerprint density at radius 2 is 1.75 bits per heavy atom. The van der Waals surface area contributed by atoms with Gasteiger partial charge in [0.15, 0.2) is 0 Å². The summed E-state index contributed by atoms with van der Waals surface area (Å²) in [6.45, 7) is 0.392. The minimum Gasteiger partial charge on any atom is -0.308 e. The van der Waals surface area contributed by atoms with Gasteiger partial charge in [-0.05, 0) is 43.2 Å². The Labute approximate surface area is 173 Å². The fraction of sp³-hybridized carbons (Fsp3) is 0.263. The number of piperidine rings is 1. The zero-order valence-electron chi connectivity index (χ0n) is 14.7. The summed E-state index contributed by atoms with van der Waals surface area (Å²) in [4.78, 5) is 17.4. The summed E-state index contributed by atoms with van der Waals surface area (Å²) < 4.78 is 27.1. The standard InChI is InChI=1S/C19H17Cl2N3O3S/c20-13-4-3-5-14(12-13)28(26,27)24-10-8-19(9-11-24)18(25)22-17(23-19)15-6-1-2-7-16(15)21/h1-7,12H,8-11H2,(H,22,23,25). The van der Waals surface area contributed by atoms with E-state index in [-0.39, 0.29) is 23.9 Å². The van der Waals surface area contributed by atoms with E-state index in [9.17, 15) is 13.2 Å². The van der Waals surface area contributed by atoms with Crippen molar-refractivity contribution >= 4 is 45.0 Å². The second kappa shape index (κ2) is 7.15. The van der Waals surface area contributed by atoms with Crippen LogP contribution in [-0.4, -0.2) is 43.1 Å². The lowest BCUT2D eigenvalue weighted by molar-refractivity contribution is -0.124. The molecular weight excluding hydrogens is 421 g/mol. The molecule has 28 heavy (non-hydrogen) atoms. The van der Waals surface area contributed by atoms with Gasteiger partial charge in [-0.15, -0.1) is 0 Å². The van der Waals surface area contributed by atoms with E-state index in [1.807, 2.05) is 6.07 Å². The summed E-state index contributed by atoms with van der Waals surface area (Å²) in [6, 6.07) is 13.3. The third-order valence-electron chi connectivity index (χ3n) is 5.09. The smallest absolute Gasteiger partial charge is 0.253 e. The predicted molar refractivity (Wildman–Crippen MR) is 108 cm³/mol. The van der Waals surface area contributed by atoms with Gasteiger partial charge in [0.05, 0.1) is 9.92 Å². The van der Waals surface area contributed by atoms with Crippen molar-refractivity contribution in [2.24, 2.45) is 4.99 Å². The molecule has 146 valence electrons. The molecule has 2 aromatic carbocycles. The maximum absolute atomic E-state index is 12.9. The average molecular weight is 438 g/mol. The molecule has 0 unspecified atom stereocenters. The number of carbonyl (C=O) groups excluding carboxylic acids is 1. The quantitative estimate of drug-likeness (QED) is 0.800. The maximum atomic E-state index is 12.9. The summed E-state index contributed by atoms with van der Waals surface area (Å²) in [5.41, 5.74) is -0.308. The molecule has 4 rings (SSSR count). The van der Waals surface area contributed by atoms with E-state index in [1.165, 1.54) is 16.4 Å². The van der Waals surface area contributed by atoms with Gasteiger partial charge in [-0.2, -0.15) is 4.31 Å². The van der Waals surface area contributed by atoms with Crippen molar-refractivity contribution in [3.63, 3.8) is 0 Å². The second-order valence-corrected chi connectivity index (χ2v) is 9.57. The van der Waals surface area contributed by atoms with E-state index >= 15 is 0 Å². The van der Waals surface area contributed by atoms with Gasteiger partial charge in [-0.3, -0.25) is 9.79 Å². The van der Waals surface area contributed by atoms with E-state index in [0.717, 1.165) is 0 Å². The number of hydrogen-bond donors (Lipinski definition) is 1. The van der Waals surface area contributed by atoms with Gasteiger partial charge >= 0.3 is 0 Å². The van der Waals surface area contributed by atoms with Crippen LogP contribution >= 0.6 is 23.2 Å². The van der Waals surface area contributed by atoms with Gasteiger partial charge in [-0.1, -0.05) is 41.4 Å². The molecule has 1 amide bonds. The summed E-state index contributed by atoms with van der Waals surface area (Å²) in [6.07, 6.45) is 0.596. The van der Waals surface area contributed by atoms with Crippen LogP contribution in [0.2, 0.25) is 10.0 Å². The molecule has 9 heteroatoms. The SMILES string of the molecule is O=C1NC(c2ccccc2Cl)=NC12CCN(S(=O)(=O)c1cccc(Cl)c1)CC2. The Hall–Kier alpha value is -1.93. The van der Waals surface area contributed by atoms with Crippen LogP contribution in [0.3, 0.4) is 0 Å². The fourth-order valence-electron chi connectivity index (χ4n) is 3.51. The van der Waals surface area contributed by atoms with Crippen LogP contribution in [0.1, 0.15) is 18.4 Å². The number of halogens is 2. The van der Waals surface area contributed by atoms with Gasteiger partial charge in [0, 0.05) is 23.7 Å². The van der Waals surface area contributed by atoms with Crippen LogP contribution in [0.4, 0.5) is 0 Å². The van der Waals surface area contributed by atoms with E-state index in [1.54, 1.807) is 30.3 Å². The molecule has 1 N–H and O–H groups in total. The van der Waals surface area contributed by atoms with Crippen LogP contribution < -0.4 is 5.32 Å². The molecule has 1 saturated heterocycles. The number of hydrogen-bond acceptors (Lipinski definition) is 4. The number of sulfonamides is 1. The van der Waals surface area contributed by atoms with E-state index in [2.05, 4.69) is 10.3 Å². The minimum atomic E-state index is -3.67. The zero-order chi connectivity index (χ0) is 19.9. The van der Waals surface area contributed by atoms with Crippen molar-refractivity contribution in [3.05, 3.63) is 64.1 Å². The monoisotopic (exact) mass is 437 g/mol. The third kappa shape index (κ3) is 3.33. The van der Waals surface area contributed by atoms with Crippen LogP contribution in [0, 0.1) is 0 Å². The first kappa shape index (κ1) is 19.4. The Kier molecular flexibility index (Phi) is 4.95. The Morgan fingerprint density at radius 3 is 2.43 bits per heavy atom. The number of nitrogens with one attached hydrogen (secondary N) is 1. The number of carbonyl (C=O) groups is 1. The molecule has 0 aromatic heterocycles. The van der Waals surface area contributed by atoms with Crippen molar-refractivity contribution in [3.8, 4) is 0 Å². The lowest BCUT2D eigenvalue weighted by Gasteiger charge is -2.34. The van der Waals surface area contributed by atoms with Crippen LogP contribution in [0.25, 0.3) is 0 Å². The zero-order valence-corrected chi connectivity index (χ0v) is 17.1. The van der Waals surface area contributed by atoms with Gasteiger partial charge < -0.3 is 5.32 Å². The molecule has 6 nitrogen and oxygen atoms in total. The summed E-state index contributed by atoms with van der Waals surface area (Å²) in [7, 11) is -3.67. The van der Waals surface area contributed by atoms with Gasteiger partial charge in [0.2, 0.25) is 10.0 Å². The van der Waals surface area contributed by atoms with Crippen molar-refractivity contribution in [1.29, 1.82) is 0 Å². The molecule has 1 fully saturated rings. The molecule has 0 aliphatic carbocycles. The van der Waals surface area contributed by atoms with Crippen molar-refractivity contribution in [2.45, 2.75) is 23.3 Å². The molecule has 1 spiro atoms. The lowest BCUT2D eigenvalue weighted by Crippen LogP contribution is -2.50. The lowest BCUT2D eigenvalue weighted by atomic mass is 9.89. The first-order chi connectivity index (χ1) is 13.3. The van der Waals surface area contributed by atoms with Crippen LogP contribution in [0.5, 0.6) is 0 Å². The highest BCUT2D eigenvalue weighted by molar-refractivity contribution is 7.89. The van der Waals surface area contributed by atoms with Crippen molar-refractivity contribution in [2.75, 3.05) is 13.1 Å². The first-order valence-electron chi connectivity index (χ1n) is 8.74. The number of aliphatic imine (C=N–C) groups is 1. The third-order valence-corrected chi connectivity index (χ3v) is 7.55. The summed E-state index contributed by atoms with van der Waals surface area (Å²) >= 11 is 12.1. The minimum absolute atomic E-state index is 0.145. The highest BCUT2D eigenvalue weighted by Gasteiger charge is 2.47. The number of nitrogens with zero attached hydrogens (tertiary/aromatic N) is 2. The molecule has 0 radical (unpaired) electrons. The van der Waals surface area contributed by atoms with E-state index < -0.39 is 15.6 Å². The molecule has 0 atom stereocenters. The molecule has 0 bridgehead atoms. The van der Waals surface area contributed by atoms with E-state index in [4.69, 9.17) is 23.2 Å². The number of amides is 1. The maximum Gasteiger partial charge on any atom is 0.253 e. The molecule has 2 aliphatic heterocycles. The first-order valence-corrected chi connectivity index (χ1v) is 10.9. The molecule has 2 aliphatic rings. The topological polar surface area (TPSA) is 78.8 Å². The van der Waals surface area contributed by atoms with Gasteiger partial charge in [-0.25, -0.2) is 8.42 Å². The van der Waals surface area contributed by atoms with Gasteiger partial charge in [0.1, 0.15) is 11.4 Å². The predicted octanol–water partition coefficient (Wildman–Crippen LogP) is 3.09. The number of rotatable bonds is 3. The highest BCUT2D eigenvalue weighted by Crippen LogP contribution is 2.34. The van der Waals surface area contributed by atoms with Crippen molar-refractivity contribution < 1.29 is 13.2 Å². The summed E-state index contributed by atoms with van der Waals surface area (Å²) in [5, 5.41) is 3.66. The molecular formula is C19H17Cl2N3O3S. The summed E-state index contributed by atoms with van der Waals surface area (Å²) in [5.74, 6) is 0.212. The van der Waals surface area contributed by atoms with Gasteiger partial charge in [0.25, 0.3) is 5.91 Å². The molecule has 0 saturated carbocycles. The Bertz CT molecular complexity index is 1080. The highest BCUT2D eigenvalue weighted by atomic mass is 35.5. The Balaban J connectivity index is 1.56. The number of amidine groups is 1. The largest absolute Gasteiger partial charge is 0.308 e. The molecule has 2 heterocycles. The van der Waals surface area contributed by atoms with Crippen LogP contribution in [-0.2, 0) is 14.8 Å².